The first-order chi connectivity index (χ1) is 10.0. The van der Waals surface area contributed by atoms with Crippen LogP contribution in [0, 0.1) is 17.1 Å². The van der Waals surface area contributed by atoms with Crippen LogP contribution in [0.15, 0.2) is 29.6 Å². The second-order valence-electron chi connectivity index (χ2n) is 5.14. The number of thiophene rings is 1. The molecule has 1 aromatic heterocycles. The molecule has 0 aliphatic rings. The van der Waals surface area contributed by atoms with Gasteiger partial charge < -0.3 is 10.2 Å². The van der Waals surface area contributed by atoms with Crippen LogP contribution in [0.4, 0.5) is 15.8 Å². The van der Waals surface area contributed by atoms with Gasteiger partial charge in [-0.05, 0) is 38.1 Å². The summed E-state index contributed by atoms with van der Waals surface area (Å²) in [6.07, 6.45) is 0. The molecule has 0 amide bonds. The van der Waals surface area contributed by atoms with Crippen LogP contribution >= 0.6 is 11.3 Å². The molecule has 1 heterocycles. The van der Waals surface area contributed by atoms with Crippen molar-refractivity contribution in [3.63, 3.8) is 0 Å². The first kappa shape index (κ1) is 15.3. The molecule has 1 N–H and O–H groups in total. The van der Waals surface area contributed by atoms with Crippen LogP contribution in [0.1, 0.15) is 24.3 Å². The zero-order valence-corrected chi connectivity index (χ0v) is 13.2. The quantitative estimate of drug-likeness (QED) is 0.899. The van der Waals surface area contributed by atoms with E-state index in [1.54, 1.807) is 6.07 Å². The fraction of sp³-hybridized carbons (Fsp3) is 0.312. The standard InChI is InChI=1S/C16H18FN3S/c1-11(2)20(3)16-5-4-13(7-15(16)17)19-9-14-6-12(8-18)10-21-14/h4-7,10-11,19H,9H2,1-3H3. The topological polar surface area (TPSA) is 39.1 Å². The summed E-state index contributed by atoms with van der Waals surface area (Å²) in [7, 11) is 1.88. The number of nitrogens with one attached hydrogen (secondary N) is 1. The van der Waals surface area contributed by atoms with Crippen LogP contribution in [0.3, 0.4) is 0 Å². The van der Waals surface area contributed by atoms with E-state index in [0.29, 0.717) is 17.8 Å². The maximum atomic E-state index is 14.1. The van der Waals surface area contributed by atoms with Crippen LogP contribution in [-0.4, -0.2) is 13.1 Å². The Morgan fingerprint density at radius 1 is 1.38 bits per heavy atom. The van der Waals surface area contributed by atoms with Crippen molar-refractivity contribution >= 4 is 22.7 Å². The number of hydrogen-bond acceptors (Lipinski definition) is 4. The number of benzene rings is 1. The van der Waals surface area contributed by atoms with E-state index in [1.807, 2.05) is 43.3 Å². The molecule has 0 fully saturated rings. The van der Waals surface area contributed by atoms with Gasteiger partial charge in [0, 0.05) is 35.6 Å². The molecule has 0 saturated carbocycles. The van der Waals surface area contributed by atoms with Gasteiger partial charge in [-0.2, -0.15) is 5.26 Å². The molecule has 5 heteroatoms. The highest BCUT2D eigenvalue weighted by Gasteiger charge is 2.11. The zero-order chi connectivity index (χ0) is 15.4. The highest BCUT2D eigenvalue weighted by atomic mass is 32.1. The third-order valence-corrected chi connectivity index (χ3v) is 4.29. The van der Waals surface area contributed by atoms with E-state index < -0.39 is 0 Å². The predicted octanol–water partition coefficient (Wildman–Crippen LogP) is 4.22. The molecule has 0 aliphatic heterocycles. The molecule has 0 spiro atoms. The van der Waals surface area contributed by atoms with Crippen molar-refractivity contribution < 1.29 is 4.39 Å². The van der Waals surface area contributed by atoms with E-state index in [9.17, 15) is 4.39 Å². The number of halogens is 1. The molecular formula is C16H18FN3S. The smallest absolute Gasteiger partial charge is 0.148 e. The first-order valence-electron chi connectivity index (χ1n) is 6.75. The molecule has 3 nitrogen and oxygen atoms in total. The van der Waals surface area contributed by atoms with E-state index in [2.05, 4.69) is 11.4 Å². The minimum absolute atomic E-state index is 0.236. The summed E-state index contributed by atoms with van der Waals surface area (Å²) >= 11 is 1.52. The minimum Gasteiger partial charge on any atom is -0.380 e. The number of hydrogen-bond donors (Lipinski definition) is 1. The molecule has 0 atom stereocenters. The Hall–Kier alpha value is -2.06. The lowest BCUT2D eigenvalue weighted by molar-refractivity contribution is 0.614. The van der Waals surface area contributed by atoms with Gasteiger partial charge in [-0.3, -0.25) is 0 Å². The fourth-order valence-electron chi connectivity index (χ4n) is 1.90. The van der Waals surface area contributed by atoms with Gasteiger partial charge in [-0.25, -0.2) is 4.39 Å². The minimum atomic E-state index is -0.236. The van der Waals surface area contributed by atoms with Crippen LogP contribution in [0.5, 0.6) is 0 Å². The van der Waals surface area contributed by atoms with Crippen molar-refractivity contribution in [1.82, 2.24) is 0 Å². The molecule has 21 heavy (non-hydrogen) atoms. The van der Waals surface area contributed by atoms with E-state index in [1.165, 1.54) is 17.4 Å². The Bertz CT molecular complexity index is 658. The van der Waals surface area contributed by atoms with Crippen molar-refractivity contribution in [1.29, 1.82) is 5.26 Å². The summed E-state index contributed by atoms with van der Waals surface area (Å²) in [4.78, 5) is 2.95. The monoisotopic (exact) mass is 303 g/mol. The van der Waals surface area contributed by atoms with Crippen molar-refractivity contribution in [3.8, 4) is 6.07 Å². The summed E-state index contributed by atoms with van der Waals surface area (Å²) < 4.78 is 14.1. The Kier molecular flexibility index (Phi) is 4.81. The average Bonchev–Trinajstić information content (AvgIpc) is 2.92. The molecule has 2 aromatic rings. The molecule has 0 saturated heterocycles. The molecular weight excluding hydrogens is 285 g/mol. The molecule has 0 radical (unpaired) electrons. The lowest BCUT2D eigenvalue weighted by atomic mass is 10.2. The zero-order valence-electron chi connectivity index (χ0n) is 12.4. The van der Waals surface area contributed by atoms with Gasteiger partial charge >= 0.3 is 0 Å². The summed E-state index contributed by atoms with van der Waals surface area (Å²) in [5.41, 5.74) is 2.00. The summed E-state index contributed by atoms with van der Waals surface area (Å²) in [6, 6.07) is 9.35. The Morgan fingerprint density at radius 2 is 2.14 bits per heavy atom. The highest BCUT2D eigenvalue weighted by Crippen LogP contribution is 2.24. The maximum Gasteiger partial charge on any atom is 0.148 e. The number of rotatable bonds is 5. The van der Waals surface area contributed by atoms with Crippen LogP contribution in [-0.2, 0) is 6.54 Å². The lowest BCUT2D eigenvalue weighted by Crippen LogP contribution is -2.26. The van der Waals surface area contributed by atoms with Gasteiger partial charge in [0.05, 0.1) is 11.3 Å². The summed E-state index contributed by atoms with van der Waals surface area (Å²) in [5.74, 6) is -0.236. The van der Waals surface area contributed by atoms with Crippen molar-refractivity contribution in [2.24, 2.45) is 0 Å². The number of anilines is 2. The van der Waals surface area contributed by atoms with Gasteiger partial charge in [0.15, 0.2) is 0 Å². The van der Waals surface area contributed by atoms with Crippen molar-refractivity contribution in [3.05, 3.63) is 45.9 Å². The van der Waals surface area contributed by atoms with Crippen LogP contribution < -0.4 is 10.2 Å². The van der Waals surface area contributed by atoms with Crippen LogP contribution in [0.2, 0.25) is 0 Å². The molecule has 2 rings (SSSR count). The first-order valence-corrected chi connectivity index (χ1v) is 7.63. The Labute approximate surface area is 128 Å². The van der Waals surface area contributed by atoms with E-state index in [-0.39, 0.29) is 11.9 Å². The SMILES string of the molecule is CC(C)N(C)c1ccc(NCc2cc(C#N)cs2)cc1F. The second-order valence-corrected chi connectivity index (χ2v) is 6.13. The normalized spacial score (nSPS) is 10.5. The van der Waals surface area contributed by atoms with E-state index >= 15 is 0 Å². The van der Waals surface area contributed by atoms with Crippen molar-refractivity contribution in [2.75, 3.05) is 17.3 Å². The Morgan fingerprint density at radius 3 is 2.71 bits per heavy atom. The molecule has 0 aliphatic carbocycles. The number of nitrogens with zero attached hydrogens (tertiary/aromatic N) is 2. The molecule has 110 valence electrons. The lowest BCUT2D eigenvalue weighted by Gasteiger charge is -2.24. The molecule has 0 bridgehead atoms. The predicted molar refractivity (Wildman–Crippen MR) is 86.3 cm³/mol. The van der Waals surface area contributed by atoms with Gasteiger partial charge in [-0.15, -0.1) is 11.3 Å². The molecule has 1 aromatic carbocycles. The third kappa shape index (κ3) is 3.73. The van der Waals surface area contributed by atoms with Crippen molar-refractivity contribution in [2.45, 2.75) is 26.4 Å². The fourth-order valence-corrected chi connectivity index (χ4v) is 2.65. The molecule has 0 unspecified atom stereocenters. The van der Waals surface area contributed by atoms with E-state index in [4.69, 9.17) is 5.26 Å². The number of nitriles is 1. The second kappa shape index (κ2) is 6.59. The highest BCUT2D eigenvalue weighted by molar-refractivity contribution is 7.10. The van der Waals surface area contributed by atoms with Gasteiger partial charge in [-0.1, -0.05) is 0 Å². The summed E-state index contributed by atoms with van der Waals surface area (Å²) in [5, 5.41) is 13.8. The average molecular weight is 303 g/mol. The van der Waals surface area contributed by atoms with Crippen LogP contribution in [0.25, 0.3) is 0 Å². The third-order valence-electron chi connectivity index (χ3n) is 3.35. The maximum absolute atomic E-state index is 14.1. The largest absolute Gasteiger partial charge is 0.380 e. The Balaban J connectivity index is 2.05. The van der Waals surface area contributed by atoms with Gasteiger partial charge in [0.2, 0.25) is 0 Å². The van der Waals surface area contributed by atoms with Gasteiger partial charge in [0.1, 0.15) is 11.9 Å². The van der Waals surface area contributed by atoms with E-state index in [0.717, 1.165) is 10.6 Å². The summed E-state index contributed by atoms with van der Waals surface area (Å²) in [6.45, 7) is 4.63. The van der Waals surface area contributed by atoms with Gasteiger partial charge in [0.25, 0.3) is 0 Å².